The molecule has 0 aliphatic carbocycles. The van der Waals surface area contributed by atoms with Gasteiger partial charge in [-0.2, -0.15) is 10.0 Å². The zero-order chi connectivity index (χ0) is 23.8. The van der Waals surface area contributed by atoms with Crippen LogP contribution in [0.5, 0.6) is 0 Å². The highest BCUT2D eigenvalue weighted by Gasteiger charge is 2.51. The lowest BCUT2D eigenvalue weighted by Gasteiger charge is -2.53. The van der Waals surface area contributed by atoms with E-state index < -0.39 is 17.0 Å². The Kier molecular flexibility index (Phi) is 6.12. The molecular formula is C26H30N2O5. The van der Waals surface area contributed by atoms with Crippen LogP contribution in [0.1, 0.15) is 68.8 Å². The summed E-state index contributed by atoms with van der Waals surface area (Å²) in [6.45, 7) is 7.82. The second-order valence-electron chi connectivity index (χ2n) is 10.00. The number of amides is 2. The fourth-order valence-corrected chi connectivity index (χ4v) is 4.99. The number of piperidine rings is 1. The van der Waals surface area contributed by atoms with Crippen molar-refractivity contribution in [3.05, 3.63) is 71.8 Å². The Hall–Kier alpha value is -3.03. The minimum atomic E-state index is -0.602. The molecule has 174 valence electrons. The Balaban J connectivity index is 1.48. The maximum Gasteiger partial charge on any atom is 0.338 e. The van der Waals surface area contributed by atoms with E-state index in [1.807, 2.05) is 64.1 Å². The smallest absolute Gasteiger partial charge is 0.338 e. The molecule has 0 saturated carbocycles. The molecule has 0 N–H and O–H groups in total. The molecule has 2 aliphatic heterocycles. The van der Waals surface area contributed by atoms with E-state index in [1.165, 1.54) is 0 Å². The van der Waals surface area contributed by atoms with Crippen molar-refractivity contribution in [3.8, 4) is 0 Å². The molecule has 2 saturated heterocycles. The summed E-state index contributed by atoms with van der Waals surface area (Å²) in [7, 11) is 0. The molecule has 0 radical (unpaired) electrons. The van der Waals surface area contributed by atoms with E-state index in [0.29, 0.717) is 18.4 Å². The molecule has 2 aromatic carbocycles. The molecule has 0 aromatic heterocycles. The monoisotopic (exact) mass is 450 g/mol. The topological polar surface area (TPSA) is 76.2 Å². The number of rotatable bonds is 5. The quantitative estimate of drug-likeness (QED) is 0.501. The van der Waals surface area contributed by atoms with Crippen molar-refractivity contribution < 1.29 is 24.1 Å². The van der Waals surface area contributed by atoms with E-state index in [4.69, 9.17) is 9.68 Å². The Morgan fingerprint density at radius 2 is 1.42 bits per heavy atom. The summed E-state index contributed by atoms with van der Waals surface area (Å²) < 4.78 is 5.82. The number of ether oxygens (including phenoxy) is 1. The first kappa shape index (κ1) is 23.1. The molecule has 7 nitrogen and oxygen atoms in total. The van der Waals surface area contributed by atoms with Crippen LogP contribution in [0.3, 0.4) is 0 Å². The van der Waals surface area contributed by atoms with Crippen LogP contribution in [0, 0.1) is 0 Å². The summed E-state index contributed by atoms with van der Waals surface area (Å²) in [6, 6.07) is 18.2. The summed E-state index contributed by atoms with van der Waals surface area (Å²) in [4.78, 5) is 44.4. The predicted molar refractivity (Wildman–Crippen MR) is 122 cm³/mol. The van der Waals surface area contributed by atoms with Gasteiger partial charge < -0.3 is 4.74 Å². The normalized spacial score (nSPS) is 23.0. The summed E-state index contributed by atoms with van der Waals surface area (Å²) in [5, 5.41) is 2.60. The molecule has 2 aromatic rings. The number of imide groups is 1. The third kappa shape index (κ3) is 4.70. The summed E-state index contributed by atoms with van der Waals surface area (Å²) in [5.41, 5.74) is 0.0998. The van der Waals surface area contributed by atoms with Crippen LogP contribution in [0.4, 0.5) is 0 Å². The molecule has 4 rings (SSSR count). The van der Waals surface area contributed by atoms with Crippen molar-refractivity contribution in [2.24, 2.45) is 0 Å². The number of esters is 1. The van der Waals surface area contributed by atoms with E-state index in [-0.39, 0.29) is 30.3 Å². The molecule has 7 heteroatoms. The van der Waals surface area contributed by atoms with Crippen molar-refractivity contribution in [1.29, 1.82) is 0 Å². The van der Waals surface area contributed by atoms with Crippen molar-refractivity contribution >= 4 is 17.8 Å². The van der Waals surface area contributed by atoms with E-state index in [0.717, 1.165) is 10.6 Å². The number of carbonyl (C=O) groups is 3. The average Bonchev–Trinajstić information content (AvgIpc) is 3.05. The SMILES string of the molecule is CC1(C)CC(OC(=O)c2ccccc2)CC(C)(C)N1ON1C(=O)CC(c2ccccc2)C1=O. The Morgan fingerprint density at radius 3 is 2.00 bits per heavy atom. The van der Waals surface area contributed by atoms with Crippen LogP contribution < -0.4 is 0 Å². The van der Waals surface area contributed by atoms with Gasteiger partial charge in [-0.15, -0.1) is 5.06 Å². The van der Waals surface area contributed by atoms with Gasteiger partial charge in [-0.05, 0) is 45.4 Å². The molecule has 1 atom stereocenters. The van der Waals surface area contributed by atoms with Gasteiger partial charge in [-0.3, -0.25) is 9.59 Å². The first-order valence-electron chi connectivity index (χ1n) is 11.2. The van der Waals surface area contributed by atoms with E-state index in [1.54, 1.807) is 29.3 Å². The van der Waals surface area contributed by atoms with E-state index >= 15 is 0 Å². The summed E-state index contributed by atoms with van der Waals surface area (Å²) >= 11 is 0. The first-order chi connectivity index (χ1) is 15.6. The van der Waals surface area contributed by atoms with Crippen molar-refractivity contribution in [2.75, 3.05) is 0 Å². The number of benzene rings is 2. The molecule has 2 fully saturated rings. The summed E-state index contributed by atoms with van der Waals surface area (Å²) in [6.07, 6.45) is 0.736. The van der Waals surface area contributed by atoms with Crippen LogP contribution in [0.15, 0.2) is 60.7 Å². The number of carbonyl (C=O) groups excluding carboxylic acids is 3. The van der Waals surface area contributed by atoms with Gasteiger partial charge in [0.05, 0.1) is 11.5 Å². The van der Waals surface area contributed by atoms with Gasteiger partial charge in [0.15, 0.2) is 0 Å². The third-order valence-corrected chi connectivity index (χ3v) is 6.31. The number of nitrogens with zero attached hydrogens (tertiary/aromatic N) is 2. The molecule has 0 spiro atoms. The lowest BCUT2D eigenvalue weighted by molar-refractivity contribution is -0.370. The number of hydrogen-bond acceptors (Lipinski definition) is 6. The molecule has 1 unspecified atom stereocenters. The maximum atomic E-state index is 13.1. The van der Waals surface area contributed by atoms with Gasteiger partial charge in [0.2, 0.25) is 0 Å². The highest BCUT2D eigenvalue weighted by atomic mass is 16.9. The molecule has 0 bridgehead atoms. The van der Waals surface area contributed by atoms with Gasteiger partial charge in [-0.1, -0.05) is 48.5 Å². The Bertz CT molecular complexity index is 1020. The molecule has 33 heavy (non-hydrogen) atoms. The molecular weight excluding hydrogens is 420 g/mol. The minimum Gasteiger partial charge on any atom is -0.459 e. The van der Waals surface area contributed by atoms with Crippen LogP contribution in [-0.4, -0.2) is 45.1 Å². The van der Waals surface area contributed by atoms with Gasteiger partial charge in [-0.25, -0.2) is 4.79 Å². The molecule has 2 aliphatic rings. The highest BCUT2D eigenvalue weighted by molar-refractivity contribution is 6.05. The minimum absolute atomic E-state index is 0.0782. The first-order valence-corrected chi connectivity index (χ1v) is 11.2. The second-order valence-corrected chi connectivity index (χ2v) is 10.00. The lowest BCUT2D eigenvalue weighted by atomic mass is 9.80. The van der Waals surface area contributed by atoms with Crippen LogP contribution >= 0.6 is 0 Å². The van der Waals surface area contributed by atoms with Crippen LogP contribution in [0.25, 0.3) is 0 Å². The largest absolute Gasteiger partial charge is 0.459 e. The lowest BCUT2D eigenvalue weighted by Crippen LogP contribution is -2.64. The van der Waals surface area contributed by atoms with E-state index in [2.05, 4.69) is 0 Å². The van der Waals surface area contributed by atoms with Gasteiger partial charge in [0, 0.05) is 30.3 Å². The van der Waals surface area contributed by atoms with Crippen LogP contribution in [0.2, 0.25) is 0 Å². The Labute approximate surface area is 194 Å². The Morgan fingerprint density at radius 1 is 0.879 bits per heavy atom. The molecule has 2 heterocycles. The molecule has 2 amide bonds. The van der Waals surface area contributed by atoms with Gasteiger partial charge >= 0.3 is 5.97 Å². The number of hydrogen-bond donors (Lipinski definition) is 0. The highest BCUT2D eigenvalue weighted by Crippen LogP contribution is 2.41. The van der Waals surface area contributed by atoms with Crippen molar-refractivity contribution in [1.82, 2.24) is 10.1 Å². The average molecular weight is 451 g/mol. The standard InChI is InChI=1S/C26H30N2O5/c1-25(2)16-20(32-24(31)19-13-9-6-10-14-19)17-26(3,4)28(25)33-27-22(29)15-21(23(27)30)18-11-7-5-8-12-18/h5-14,20-21H,15-17H2,1-4H3. The predicted octanol–water partition coefficient (Wildman–Crippen LogP) is 4.25. The van der Waals surface area contributed by atoms with E-state index in [9.17, 15) is 14.4 Å². The zero-order valence-corrected chi connectivity index (χ0v) is 19.5. The van der Waals surface area contributed by atoms with Gasteiger partial charge in [0.1, 0.15) is 6.10 Å². The fraction of sp³-hybridized carbons (Fsp3) is 0.423. The van der Waals surface area contributed by atoms with Crippen molar-refractivity contribution in [2.45, 2.75) is 70.1 Å². The van der Waals surface area contributed by atoms with Crippen LogP contribution in [-0.2, 0) is 19.3 Å². The summed E-state index contributed by atoms with van der Waals surface area (Å²) in [5.74, 6) is -1.64. The number of hydroxylamine groups is 4. The second kappa shape index (κ2) is 8.72. The fourth-order valence-electron chi connectivity index (χ4n) is 4.99. The third-order valence-electron chi connectivity index (χ3n) is 6.31. The zero-order valence-electron chi connectivity index (χ0n) is 19.5. The van der Waals surface area contributed by atoms with Gasteiger partial charge in [0.25, 0.3) is 11.8 Å². The maximum absolute atomic E-state index is 13.1. The van der Waals surface area contributed by atoms with Crippen molar-refractivity contribution in [3.63, 3.8) is 0 Å².